The van der Waals surface area contributed by atoms with Gasteiger partial charge in [-0.25, -0.2) is 13.2 Å². The molecule has 0 radical (unpaired) electrons. The van der Waals surface area contributed by atoms with Crippen LogP contribution in [0.3, 0.4) is 0 Å². The van der Waals surface area contributed by atoms with Gasteiger partial charge in [0.25, 0.3) is 0 Å². The number of rotatable bonds is 6. The molecule has 1 amide bonds. The van der Waals surface area contributed by atoms with E-state index in [2.05, 4.69) is 9.80 Å². The van der Waals surface area contributed by atoms with E-state index in [-0.39, 0.29) is 30.8 Å². The van der Waals surface area contributed by atoms with Gasteiger partial charge in [0.05, 0.1) is 30.1 Å². The fourth-order valence-electron chi connectivity index (χ4n) is 6.35. The van der Waals surface area contributed by atoms with Gasteiger partial charge in [-0.1, -0.05) is 11.6 Å². The Labute approximate surface area is 229 Å². The van der Waals surface area contributed by atoms with Crippen LogP contribution in [0.4, 0.5) is 4.79 Å². The monoisotopic (exact) mass is 568 g/mol. The Hall–Kier alpha value is -1.92. The predicted octanol–water partition coefficient (Wildman–Crippen LogP) is 2.72. The molecule has 210 valence electrons. The Bertz CT molecular complexity index is 1130. The van der Waals surface area contributed by atoms with Crippen molar-refractivity contribution in [2.24, 2.45) is 0 Å². The minimum atomic E-state index is -3.64. The van der Waals surface area contributed by atoms with Gasteiger partial charge in [0.15, 0.2) is 0 Å². The summed E-state index contributed by atoms with van der Waals surface area (Å²) in [7, 11) is -3.64. The summed E-state index contributed by atoms with van der Waals surface area (Å²) in [6.45, 7) is 7.31. The van der Waals surface area contributed by atoms with Gasteiger partial charge < -0.3 is 14.4 Å². The molecule has 0 spiro atoms. The lowest BCUT2D eigenvalue weighted by molar-refractivity contribution is -0.144. The van der Waals surface area contributed by atoms with Crippen molar-refractivity contribution in [3.8, 4) is 0 Å². The highest BCUT2D eigenvalue weighted by Crippen LogP contribution is 2.47. The third-order valence-corrected chi connectivity index (χ3v) is 10.5. The predicted molar refractivity (Wildman–Crippen MR) is 141 cm³/mol. The number of fused-ring (bicyclic) bond motifs is 3. The molecule has 0 unspecified atom stereocenters. The van der Waals surface area contributed by atoms with Crippen molar-refractivity contribution in [1.82, 2.24) is 19.0 Å². The van der Waals surface area contributed by atoms with Gasteiger partial charge in [-0.2, -0.15) is 4.31 Å². The van der Waals surface area contributed by atoms with E-state index in [1.54, 1.807) is 27.4 Å². The van der Waals surface area contributed by atoms with Gasteiger partial charge in [0.1, 0.15) is 6.61 Å². The lowest BCUT2D eigenvalue weighted by atomic mass is 9.94. The number of sulfonamides is 1. The molecule has 38 heavy (non-hydrogen) atoms. The zero-order valence-corrected chi connectivity index (χ0v) is 23.5. The topological polar surface area (TPSA) is 99.7 Å². The first-order chi connectivity index (χ1) is 18.3. The number of amides is 1. The number of carbonyl (C=O) groups excluding carboxylic acids is 2. The Morgan fingerprint density at radius 2 is 1.74 bits per heavy atom. The van der Waals surface area contributed by atoms with Gasteiger partial charge in [-0.05, 0) is 62.8 Å². The van der Waals surface area contributed by atoms with Crippen LogP contribution in [0.1, 0.15) is 50.6 Å². The van der Waals surface area contributed by atoms with Crippen molar-refractivity contribution in [3.05, 3.63) is 28.8 Å². The van der Waals surface area contributed by atoms with E-state index in [1.165, 1.54) is 0 Å². The molecule has 3 saturated heterocycles. The summed E-state index contributed by atoms with van der Waals surface area (Å²) in [5.41, 5.74) is 0.748. The molecule has 10 nitrogen and oxygen atoms in total. The quantitative estimate of drug-likeness (QED) is 0.483. The first kappa shape index (κ1) is 27.6. The molecule has 2 atom stereocenters. The average Bonchev–Trinajstić information content (AvgIpc) is 3.14. The molecule has 4 aliphatic heterocycles. The molecule has 4 heterocycles. The summed E-state index contributed by atoms with van der Waals surface area (Å²) < 4.78 is 38.8. The third-order valence-electron chi connectivity index (χ3n) is 8.27. The number of esters is 1. The van der Waals surface area contributed by atoms with Gasteiger partial charge in [-0.15, -0.1) is 0 Å². The SMILES string of the molecule is CCOC(=O)CN1CCN(C2CCN(C(=O)OC[C@H]3CCC[C@H]4c5cc(Cl)ccc5S(=O)(=O)N34)CC2)CC1. The van der Waals surface area contributed by atoms with Gasteiger partial charge in [-0.3, -0.25) is 14.6 Å². The number of benzene rings is 1. The summed E-state index contributed by atoms with van der Waals surface area (Å²) in [6.07, 6.45) is 3.63. The summed E-state index contributed by atoms with van der Waals surface area (Å²) in [5, 5.41) is 0.524. The second kappa shape index (κ2) is 11.7. The molecule has 4 aliphatic rings. The first-order valence-electron chi connectivity index (χ1n) is 13.6. The van der Waals surface area contributed by atoms with Gasteiger partial charge in [0.2, 0.25) is 10.0 Å². The molecule has 12 heteroatoms. The maximum absolute atomic E-state index is 13.3. The Morgan fingerprint density at radius 1 is 1.00 bits per heavy atom. The van der Waals surface area contributed by atoms with Crippen molar-refractivity contribution in [2.45, 2.75) is 62.0 Å². The van der Waals surface area contributed by atoms with Crippen LogP contribution >= 0.6 is 11.6 Å². The number of carbonyl (C=O) groups is 2. The number of ether oxygens (including phenoxy) is 2. The summed E-state index contributed by atoms with van der Waals surface area (Å²) >= 11 is 6.16. The summed E-state index contributed by atoms with van der Waals surface area (Å²) in [6, 6.07) is 4.72. The molecule has 0 N–H and O–H groups in total. The molecule has 0 bridgehead atoms. The maximum Gasteiger partial charge on any atom is 0.409 e. The minimum Gasteiger partial charge on any atom is -0.465 e. The van der Waals surface area contributed by atoms with E-state index < -0.39 is 10.0 Å². The number of halogens is 1. The van der Waals surface area contributed by atoms with E-state index in [4.69, 9.17) is 21.1 Å². The van der Waals surface area contributed by atoms with E-state index in [0.717, 1.165) is 57.4 Å². The van der Waals surface area contributed by atoms with Crippen LogP contribution in [0, 0.1) is 0 Å². The molecular formula is C26H37ClN4O6S. The van der Waals surface area contributed by atoms with Crippen molar-refractivity contribution in [1.29, 1.82) is 0 Å². The van der Waals surface area contributed by atoms with Crippen molar-refractivity contribution >= 4 is 33.7 Å². The highest BCUT2D eigenvalue weighted by Gasteiger charge is 2.48. The van der Waals surface area contributed by atoms with Crippen LogP contribution < -0.4 is 0 Å². The summed E-state index contributed by atoms with van der Waals surface area (Å²) in [4.78, 5) is 31.3. The average molecular weight is 569 g/mol. The van der Waals surface area contributed by atoms with Crippen molar-refractivity contribution in [3.63, 3.8) is 0 Å². The first-order valence-corrected chi connectivity index (χ1v) is 15.5. The van der Waals surface area contributed by atoms with E-state index in [9.17, 15) is 18.0 Å². The van der Waals surface area contributed by atoms with Crippen LogP contribution in [-0.4, -0.2) is 111 Å². The Morgan fingerprint density at radius 3 is 2.45 bits per heavy atom. The van der Waals surface area contributed by atoms with Crippen LogP contribution in [0.2, 0.25) is 5.02 Å². The van der Waals surface area contributed by atoms with E-state index in [0.29, 0.717) is 48.6 Å². The Kier molecular flexibility index (Phi) is 8.49. The van der Waals surface area contributed by atoms with Gasteiger partial charge in [0, 0.05) is 50.3 Å². The van der Waals surface area contributed by atoms with Crippen molar-refractivity contribution < 1.29 is 27.5 Å². The van der Waals surface area contributed by atoms with Crippen molar-refractivity contribution in [2.75, 3.05) is 59.0 Å². The second-order valence-corrected chi connectivity index (χ2v) is 12.8. The normalized spacial score (nSPS) is 26.5. The molecule has 0 saturated carbocycles. The molecule has 1 aromatic rings. The zero-order chi connectivity index (χ0) is 26.9. The lowest BCUT2D eigenvalue weighted by Gasteiger charge is -2.42. The summed E-state index contributed by atoms with van der Waals surface area (Å²) in [5.74, 6) is -0.173. The van der Waals surface area contributed by atoms with Crippen LogP contribution in [0.25, 0.3) is 0 Å². The molecule has 5 rings (SSSR count). The van der Waals surface area contributed by atoms with E-state index >= 15 is 0 Å². The number of piperidine rings is 2. The lowest BCUT2D eigenvalue weighted by Crippen LogP contribution is -2.54. The number of hydrogen-bond acceptors (Lipinski definition) is 8. The highest BCUT2D eigenvalue weighted by atomic mass is 35.5. The number of likely N-dealkylation sites (tertiary alicyclic amines) is 1. The van der Waals surface area contributed by atoms with Crippen LogP contribution in [-0.2, 0) is 24.3 Å². The van der Waals surface area contributed by atoms with Crippen LogP contribution in [0.5, 0.6) is 0 Å². The standard InChI is InChI=1S/C26H37ClN4O6S/c1-2-36-25(32)17-28-12-14-29(15-13-28)20-8-10-30(11-9-20)26(33)37-18-21-4-3-5-23-22-16-19(27)6-7-24(22)38(34,35)31(21)23/h6-7,16,20-21,23H,2-5,8-15,17-18H2,1H3/t21-,23+/m1/s1. The number of nitrogens with zero attached hydrogens (tertiary/aromatic N) is 4. The largest absolute Gasteiger partial charge is 0.465 e. The fraction of sp³-hybridized carbons (Fsp3) is 0.692. The van der Waals surface area contributed by atoms with E-state index in [1.807, 2.05) is 6.92 Å². The third kappa shape index (κ3) is 5.67. The molecular weight excluding hydrogens is 532 g/mol. The highest BCUT2D eigenvalue weighted by molar-refractivity contribution is 7.89. The molecule has 0 aromatic heterocycles. The maximum atomic E-state index is 13.3. The van der Waals surface area contributed by atoms with Crippen LogP contribution in [0.15, 0.2) is 23.1 Å². The number of piperazine rings is 1. The zero-order valence-electron chi connectivity index (χ0n) is 21.9. The molecule has 1 aromatic carbocycles. The molecule has 3 fully saturated rings. The fourth-order valence-corrected chi connectivity index (χ4v) is 8.60. The Balaban J connectivity index is 1.09. The molecule has 0 aliphatic carbocycles. The second-order valence-electron chi connectivity index (χ2n) is 10.5. The number of hydrogen-bond donors (Lipinski definition) is 0. The van der Waals surface area contributed by atoms with Gasteiger partial charge >= 0.3 is 12.1 Å². The smallest absolute Gasteiger partial charge is 0.409 e. The minimum absolute atomic E-state index is 0.0542.